The first-order chi connectivity index (χ1) is 20.6. The predicted octanol–water partition coefficient (Wildman–Crippen LogP) is 11.7. The van der Waals surface area contributed by atoms with Gasteiger partial charge in [-0.3, -0.25) is 4.79 Å². The fourth-order valence-corrected chi connectivity index (χ4v) is 11.1. The van der Waals surface area contributed by atoms with Crippen LogP contribution in [0.4, 0.5) is 0 Å². The number of carbonyl (C=O) groups is 1. The molecule has 0 aromatic heterocycles. The van der Waals surface area contributed by atoms with Gasteiger partial charge in [0.25, 0.3) is 0 Å². The normalized spacial score (nSPS) is 35.5. The molecule has 4 aliphatic rings. The minimum Gasteiger partial charge on any atom is -0.413 e. The maximum absolute atomic E-state index is 12.7. The number of hydrogen-bond donors (Lipinski definition) is 0. The van der Waals surface area contributed by atoms with Crippen molar-refractivity contribution in [3.63, 3.8) is 0 Å². The van der Waals surface area contributed by atoms with Crippen LogP contribution in [0.25, 0.3) is 0 Å². The van der Waals surface area contributed by atoms with Crippen molar-refractivity contribution in [2.24, 2.45) is 29.1 Å². The fraction of sp³-hybridized carbons (Fsp3) is 0.775. The van der Waals surface area contributed by atoms with Crippen LogP contribution < -0.4 is 0 Å². The lowest BCUT2D eigenvalue weighted by Crippen LogP contribution is -2.49. The Labute approximate surface area is 280 Å². The van der Waals surface area contributed by atoms with Crippen molar-refractivity contribution in [1.82, 2.24) is 0 Å². The molecule has 0 bridgehead atoms. The summed E-state index contributed by atoms with van der Waals surface area (Å²) in [5.41, 5.74) is 5.54. The van der Waals surface area contributed by atoms with Crippen molar-refractivity contribution >= 4 is 22.4 Å². The SMILES string of the molecule is C=C1/C(=C\C=C2/CCC[C@@]3(C)C2CC[C@@H]3[C@H](C)/C=C2\CCC(C)C2=O)C[C@@H](O[Si](C)(C)C(C)(C)C)C[C@@H]1O[Si](C)(C)C(C)(C)C. The zero-order chi connectivity index (χ0) is 33.8. The highest BCUT2D eigenvalue weighted by atomic mass is 28.4. The van der Waals surface area contributed by atoms with Crippen LogP contribution in [0.2, 0.25) is 36.3 Å². The molecule has 7 atom stereocenters. The summed E-state index contributed by atoms with van der Waals surface area (Å²) in [6.07, 6.45) is 17.6. The lowest BCUT2D eigenvalue weighted by Gasteiger charge is -2.45. The van der Waals surface area contributed by atoms with Crippen molar-refractivity contribution < 1.29 is 13.6 Å². The smallest absolute Gasteiger partial charge is 0.192 e. The molecule has 0 aromatic carbocycles. The van der Waals surface area contributed by atoms with Gasteiger partial charge in [-0.2, -0.15) is 0 Å². The van der Waals surface area contributed by atoms with Gasteiger partial charge < -0.3 is 8.85 Å². The topological polar surface area (TPSA) is 35.5 Å². The summed E-state index contributed by atoms with van der Waals surface area (Å²) < 4.78 is 14.2. The van der Waals surface area contributed by atoms with Crippen LogP contribution in [0.15, 0.2) is 47.1 Å². The van der Waals surface area contributed by atoms with Crippen molar-refractivity contribution in [1.29, 1.82) is 0 Å². The molecule has 0 aromatic rings. The van der Waals surface area contributed by atoms with Gasteiger partial charge in [0, 0.05) is 12.3 Å². The molecule has 4 fully saturated rings. The number of ketones is 1. The highest BCUT2D eigenvalue weighted by Crippen LogP contribution is 2.60. The van der Waals surface area contributed by atoms with Crippen LogP contribution in [-0.4, -0.2) is 34.6 Å². The standard InChI is InChI=1S/C40H68O3Si2/c1-27-17-18-32(37(27)41)24-28(2)34-21-22-35-30(16-15-23-40(34,35)10)19-20-31-25-33(42-44(11,12)38(4,5)6)26-36(29(31)3)43-45(13,14)39(7,8)9/h19-20,24,27-28,33-36H,3,15-18,21-23,25-26H2,1-2,4-14H3/b30-19+,31-20-,32-24+/t27?,28-,33-,34-,35?,36+,40-/m1/s1. The summed E-state index contributed by atoms with van der Waals surface area (Å²) in [5, 5.41) is 0.319. The third-order valence-corrected chi connectivity index (χ3v) is 22.5. The van der Waals surface area contributed by atoms with Crippen molar-refractivity contribution in [2.75, 3.05) is 0 Å². The molecule has 3 nitrogen and oxygen atoms in total. The lowest BCUT2D eigenvalue weighted by molar-refractivity contribution is -0.117. The number of allylic oxidation sites excluding steroid dienone is 5. The Balaban J connectivity index is 1.60. The number of rotatable bonds is 7. The second-order valence-electron chi connectivity index (χ2n) is 18.7. The van der Waals surface area contributed by atoms with E-state index in [1.807, 2.05) is 0 Å². The molecule has 5 heteroatoms. The second-order valence-corrected chi connectivity index (χ2v) is 28.2. The summed E-state index contributed by atoms with van der Waals surface area (Å²) in [4.78, 5) is 12.7. The first kappa shape index (κ1) is 36.8. The van der Waals surface area contributed by atoms with Gasteiger partial charge in [-0.15, -0.1) is 0 Å². The largest absolute Gasteiger partial charge is 0.413 e. The predicted molar refractivity (Wildman–Crippen MR) is 198 cm³/mol. The van der Waals surface area contributed by atoms with E-state index in [1.165, 1.54) is 43.3 Å². The summed E-state index contributed by atoms with van der Waals surface area (Å²) in [5.74, 6) is 2.34. The van der Waals surface area contributed by atoms with Gasteiger partial charge >= 0.3 is 0 Å². The molecule has 4 rings (SSSR count). The maximum atomic E-state index is 12.7. The molecule has 0 aliphatic heterocycles. The molecule has 0 amide bonds. The van der Waals surface area contributed by atoms with Gasteiger partial charge in [-0.1, -0.05) is 92.7 Å². The zero-order valence-electron chi connectivity index (χ0n) is 31.5. The first-order valence-corrected chi connectivity index (χ1v) is 24.1. The molecule has 0 spiro atoms. The number of fused-ring (bicyclic) bond motifs is 1. The van der Waals surface area contributed by atoms with Crippen LogP contribution in [0.3, 0.4) is 0 Å². The molecular weight excluding hydrogens is 585 g/mol. The van der Waals surface area contributed by atoms with Crippen LogP contribution in [0.5, 0.6) is 0 Å². The van der Waals surface area contributed by atoms with E-state index in [0.29, 0.717) is 29.0 Å². The summed E-state index contributed by atoms with van der Waals surface area (Å²) in [6, 6.07) is 0. The quantitative estimate of drug-likeness (QED) is 0.203. The van der Waals surface area contributed by atoms with Crippen LogP contribution in [-0.2, 0) is 13.6 Å². The van der Waals surface area contributed by atoms with E-state index < -0.39 is 16.6 Å². The highest BCUT2D eigenvalue weighted by Gasteiger charge is 2.51. The zero-order valence-corrected chi connectivity index (χ0v) is 33.5. The number of hydrogen-bond acceptors (Lipinski definition) is 3. The van der Waals surface area contributed by atoms with E-state index in [-0.39, 0.29) is 28.2 Å². The molecule has 4 aliphatic carbocycles. The summed E-state index contributed by atoms with van der Waals surface area (Å²) >= 11 is 0. The minimum absolute atomic E-state index is 0.0152. The molecule has 4 saturated carbocycles. The van der Waals surface area contributed by atoms with E-state index in [1.54, 1.807) is 5.57 Å². The Kier molecular flexibility index (Phi) is 10.7. The Morgan fingerprint density at radius 2 is 1.53 bits per heavy atom. The van der Waals surface area contributed by atoms with Crippen molar-refractivity contribution in [3.05, 3.63) is 47.1 Å². The monoisotopic (exact) mass is 652 g/mol. The fourth-order valence-electron chi connectivity index (χ4n) is 8.45. The summed E-state index contributed by atoms with van der Waals surface area (Å²) in [6.45, 7) is 35.2. The van der Waals surface area contributed by atoms with E-state index >= 15 is 0 Å². The van der Waals surface area contributed by atoms with Gasteiger partial charge in [-0.25, -0.2) is 0 Å². The van der Waals surface area contributed by atoms with Gasteiger partial charge in [0.1, 0.15) is 0 Å². The first-order valence-electron chi connectivity index (χ1n) is 18.3. The van der Waals surface area contributed by atoms with Crippen molar-refractivity contribution in [2.45, 2.75) is 169 Å². The molecule has 0 N–H and O–H groups in total. The van der Waals surface area contributed by atoms with Gasteiger partial charge in [0.2, 0.25) is 0 Å². The Bertz CT molecular complexity index is 1220. The minimum atomic E-state index is -1.99. The molecule has 254 valence electrons. The third-order valence-electron chi connectivity index (χ3n) is 13.5. The Hall–Kier alpha value is -1.02. The van der Waals surface area contributed by atoms with E-state index in [4.69, 9.17) is 8.85 Å². The average molecular weight is 653 g/mol. The average Bonchev–Trinajstić information content (AvgIpc) is 3.42. The lowest BCUT2D eigenvalue weighted by atomic mass is 9.61. The number of Topliss-reactive ketones (excluding diaryl/α,β-unsaturated/α-hetero) is 1. The number of carbonyl (C=O) groups excluding carboxylic acids is 1. The molecular formula is C40H68O3Si2. The Morgan fingerprint density at radius 3 is 2.11 bits per heavy atom. The van der Waals surface area contributed by atoms with Gasteiger partial charge in [0.05, 0.1) is 12.2 Å². The van der Waals surface area contributed by atoms with E-state index in [9.17, 15) is 4.79 Å². The molecule has 45 heavy (non-hydrogen) atoms. The summed E-state index contributed by atoms with van der Waals surface area (Å²) in [7, 11) is -3.92. The molecule has 2 unspecified atom stereocenters. The van der Waals surface area contributed by atoms with Gasteiger partial charge in [0.15, 0.2) is 22.4 Å². The Morgan fingerprint density at radius 1 is 0.911 bits per heavy atom. The highest BCUT2D eigenvalue weighted by molar-refractivity contribution is 6.74. The third kappa shape index (κ3) is 7.68. The molecule has 0 heterocycles. The van der Waals surface area contributed by atoms with Crippen LogP contribution in [0.1, 0.15) is 120 Å². The van der Waals surface area contributed by atoms with Gasteiger partial charge in [-0.05, 0) is 128 Å². The van der Waals surface area contributed by atoms with E-state index in [0.717, 1.165) is 31.3 Å². The molecule has 0 saturated heterocycles. The van der Waals surface area contributed by atoms with Crippen molar-refractivity contribution in [3.8, 4) is 0 Å². The van der Waals surface area contributed by atoms with Crippen LogP contribution >= 0.6 is 0 Å². The second kappa shape index (κ2) is 13.1. The van der Waals surface area contributed by atoms with Crippen LogP contribution in [0, 0.1) is 29.1 Å². The van der Waals surface area contributed by atoms with E-state index in [2.05, 4.69) is 113 Å². The molecule has 0 radical (unpaired) electrons. The maximum Gasteiger partial charge on any atom is 0.192 e.